The molecule has 1 aromatic heterocycles. The van der Waals surface area contributed by atoms with Gasteiger partial charge < -0.3 is 0 Å². The van der Waals surface area contributed by atoms with Crippen LogP contribution in [-0.2, 0) is 0 Å². The second kappa shape index (κ2) is 6.39. The zero-order valence-electron chi connectivity index (χ0n) is 10.9. The number of nitrogens with zero attached hydrogens (tertiary/aromatic N) is 3. The lowest BCUT2D eigenvalue weighted by Gasteiger charge is -2.07. The predicted octanol–water partition coefficient (Wildman–Crippen LogP) is 3.82. The molecule has 0 fully saturated rings. The number of hydrogen-bond acceptors (Lipinski definition) is 2. The molecule has 4 nitrogen and oxygen atoms in total. The smallest absolute Gasteiger partial charge is 0.273 e. The van der Waals surface area contributed by atoms with E-state index in [0.717, 1.165) is 0 Å². The van der Waals surface area contributed by atoms with E-state index in [-0.39, 0.29) is 0 Å². The lowest BCUT2D eigenvalue weighted by molar-refractivity contribution is -0.459. The second-order valence-corrected chi connectivity index (χ2v) is 5.38. The largest absolute Gasteiger partial charge is 0.319 e. The van der Waals surface area contributed by atoms with Gasteiger partial charge in [-0.1, -0.05) is 46.9 Å². The summed E-state index contributed by atoms with van der Waals surface area (Å²) in [5.41, 5.74) is 1.34. The third-order valence-corrected chi connectivity index (χ3v) is 3.54. The van der Waals surface area contributed by atoms with Gasteiger partial charge in [-0.15, -0.1) is 0 Å². The Morgan fingerprint density at radius 3 is 2.55 bits per heavy atom. The summed E-state index contributed by atoms with van der Waals surface area (Å²) in [4.78, 5) is 8.37. The number of halogens is 3. The molecule has 0 amide bonds. The van der Waals surface area contributed by atoms with Crippen LogP contribution < -0.4 is 5.32 Å². The van der Waals surface area contributed by atoms with Gasteiger partial charge in [0.1, 0.15) is 5.15 Å². The molecule has 2 rings (SSSR count). The van der Waals surface area contributed by atoms with Gasteiger partial charge in [0.05, 0.1) is 24.1 Å². The molecule has 0 saturated carbocycles. The number of anilines is 1. The first kappa shape index (κ1) is 15.0. The fourth-order valence-electron chi connectivity index (χ4n) is 1.51. The highest BCUT2D eigenvalue weighted by Gasteiger charge is 2.13. The van der Waals surface area contributed by atoms with Crippen molar-refractivity contribution in [3.63, 3.8) is 0 Å². The highest BCUT2D eigenvalue weighted by molar-refractivity contribution is 6.44. The standard InChI is InChI=1S/C13H11Cl3N4/c1-20(2)7-18-13-17-6-9(12(16)19-13)8-4-3-5-10(14)11(8)15/h3-7H,1-2H3/p+1. The van der Waals surface area contributed by atoms with E-state index in [0.29, 0.717) is 32.3 Å². The maximum absolute atomic E-state index is 6.18. The van der Waals surface area contributed by atoms with Crippen molar-refractivity contribution in [3.8, 4) is 11.1 Å². The van der Waals surface area contributed by atoms with Gasteiger partial charge >= 0.3 is 5.95 Å². The van der Waals surface area contributed by atoms with Crippen molar-refractivity contribution < 1.29 is 4.58 Å². The van der Waals surface area contributed by atoms with Gasteiger partial charge in [0.15, 0.2) is 0 Å². The van der Waals surface area contributed by atoms with E-state index < -0.39 is 0 Å². The molecule has 2 aromatic rings. The van der Waals surface area contributed by atoms with E-state index in [9.17, 15) is 0 Å². The molecule has 0 saturated heterocycles. The molecule has 1 heterocycles. The lowest BCUT2D eigenvalue weighted by atomic mass is 10.1. The van der Waals surface area contributed by atoms with E-state index in [1.165, 1.54) is 0 Å². The van der Waals surface area contributed by atoms with Crippen LogP contribution in [0.3, 0.4) is 0 Å². The van der Waals surface area contributed by atoms with Crippen molar-refractivity contribution in [1.82, 2.24) is 9.97 Å². The number of benzene rings is 1. The Morgan fingerprint density at radius 1 is 1.15 bits per heavy atom. The monoisotopic (exact) mass is 329 g/mol. The summed E-state index contributed by atoms with van der Waals surface area (Å²) in [5, 5.41) is 4.12. The zero-order valence-corrected chi connectivity index (χ0v) is 13.1. The van der Waals surface area contributed by atoms with Gasteiger partial charge in [-0.2, -0.15) is 9.97 Å². The first-order valence-corrected chi connectivity index (χ1v) is 6.85. The van der Waals surface area contributed by atoms with Crippen LogP contribution in [0.1, 0.15) is 0 Å². The molecule has 0 aliphatic rings. The Balaban J connectivity index is 2.39. The maximum Gasteiger partial charge on any atom is 0.319 e. The van der Waals surface area contributed by atoms with Crippen molar-refractivity contribution in [1.29, 1.82) is 0 Å². The first-order chi connectivity index (χ1) is 9.49. The number of hydrogen-bond donors (Lipinski definition) is 1. The van der Waals surface area contributed by atoms with Crippen molar-refractivity contribution in [2.24, 2.45) is 0 Å². The Labute approximate surface area is 132 Å². The Bertz CT molecular complexity index is 667. The molecular weight excluding hydrogens is 319 g/mol. The van der Waals surface area contributed by atoms with Crippen molar-refractivity contribution >= 4 is 47.1 Å². The molecule has 1 N–H and O–H groups in total. The average molecular weight is 331 g/mol. The average Bonchev–Trinajstić information content (AvgIpc) is 2.40. The van der Waals surface area contributed by atoms with Crippen LogP contribution in [0.25, 0.3) is 11.1 Å². The molecule has 7 heteroatoms. The van der Waals surface area contributed by atoms with Crippen molar-refractivity contribution in [3.05, 3.63) is 39.6 Å². The molecule has 20 heavy (non-hydrogen) atoms. The zero-order chi connectivity index (χ0) is 14.7. The fraction of sp³-hybridized carbons (Fsp3) is 0.154. The number of nitrogens with one attached hydrogen (secondary N) is 1. The van der Waals surface area contributed by atoms with Crippen LogP contribution in [0.4, 0.5) is 5.95 Å². The van der Waals surface area contributed by atoms with Crippen LogP contribution in [0, 0.1) is 0 Å². The summed E-state index contributed by atoms with van der Waals surface area (Å²) in [6, 6.07) is 5.33. The van der Waals surface area contributed by atoms with Crippen molar-refractivity contribution in [2.75, 3.05) is 19.4 Å². The van der Waals surface area contributed by atoms with E-state index in [1.807, 2.05) is 24.7 Å². The summed E-state index contributed by atoms with van der Waals surface area (Å²) in [6.07, 6.45) is 3.33. The minimum atomic E-state index is 0.304. The molecule has 1 aromatic carbocycles. The van der Waals surface area contributed by atoms with Crippen LogP contribution in [-0.4, -0.2) is 35.0 Å². The van der Waals surface area contributed by atoms with Crippen molar-refractivity contribution in [2.45, 2.75) is 0 Å². The van der Waals surface area contributed by atoms with Crippen LogP contribution >= 0.6 is 34.8 Å². The van der Waals surface area contributed by atoms with Crippen LogP contribution in [0.15, 0.2) is 24.4 Å². The molecular formula is C13H12Cl3N4+. The fourth-order valence-corrected chi connectivity index (χ4v) is 2.14. The lowest BCUT2D eigenvalue weighted by Crippen LogP contribution is -2.09. The quantitative estimate of drug-likeness (QED) is 0.402. The molecule has 0 aliphatic carbocycles. The third kappa shape index (κ3) is 3.39. The minimum Gasteiger partial charge on any atom is -0.273 e. The molecule has 0 spiro atoms. The SMILES string of the molecule is C[N+](C)=CNc1ncc(-c2cccc(Cl)c2Cl)c(Cl)n1. The molecule has 0 unspecified atom stereocenters. The van der Waals surface area contributed by atoms with Gasteiger partial charge in [-0.05, 0) is 6.07 Å². The Kier molecular flexibility index (Phi) is 4.81. The van der Waals surface area contributed by atoms with Crippen LogP contribution in [0.2, 0.25) is 15.2 Å². The molecule has 0 bridgehead atoms. The van der Waals surface area contributed by atoms with Gasteiger partial charge in [0, 0.05) is 17.3 Å². The predicted molar refractivity (Wildman–Crippen MR) is 84.3 cm³/mol. The maximum atomic E-state index is 6.18. The van der Waals surface area contributed by atoms with Gasteiger partial charge in [-0.25, -0.2) is 5.32 Å². The highest BCUT2D eigenvalue weighted by Crippen LogP contribution is 2.36. The van der Waals surface area contributed by atoms with E-state index in [4.69, 9.17) is 34.8 Å². The molecule has 0 aliphatic heterocycles. The van der Waals surface area contributed by atoms with Crippen LogP contribution in [0.5, 0.6) is 0 Å². The van der Waals surface area contributed by atoms with Gasteiger partial charge in [-0.3, -0.25) is 4.58 Å². The number of rotatable bonds is 3. The summed E-state index contributed by atoms with van der Waals surface area (Å²) in [6.45, 7) is 0. The van der Waals surface area contributed by atoms with E-state index >= 15 is 0 Å². The molecule has 0 radical (unpaired) electrons. The Morgan fingerprint density at radius 2 is 1.90 bits per heavy atom. The topological polar surface area (TPSA) is 40.8 Å². The minimum absolute atomic E-state index is 0.304. The van der Waals surface area contributed by atoms with E-state index in [1.54, 1.807) is 24.7 Å². The summed E-state index contributed by atoms with van der Waals surface area (Å²) < 4.78 is 1.83. The molecule has 0 atom stereocenters. The second-order valence-electron chi connectivity index (χ2n) is 4.24. The first-order valence-electron chi connectivity index (χ1n) is 5.72. The Hall–Kier alpha value is -1.36. The summed E-state index contributed by atoms with van der Waals surface area (Å²) >= 11 is 18.3. The van der Waals surface area contributed by atoms with Gasteiger partial charge in [0.25, 0.3) is 0 Å². The number of aromatic nitrogens is 2. The molecule has 104 valence electrons. The highest BCUT2D eigenvalue weighted by atomic mass is 35.5. The summed E-state index contributed by atoms with van der Waals surface area (Å²) in [5.74, 6) is 0.408. The van der Waals surface area contributed by atoms with Gasteiger partial charge in [0.2, 0.25) is 6.34 Å². The summed E-state index contributed by atoms with van der Waals surface area (Å²) in [7, 11) is 3.77. The van der Waals surface area contributed by atoms with E-state index in [2.05, 4.69) is 15.3 Å². The normalized spacial score (nSPS) is 10.2. The third-order valence-electron chi connectivity index (χ3n) is 2.44.